The molecule has 1 saturated heterocycles. The monoisotopic (exact) mass is 330 g/mol. The molecular weight excluding hydrogens is 308 g/mol. The molecule has 1 amide bonds. The van der Waals surface area contributed by atoms with Crippen LogP contribution in [0.4, 0.5) is 5.82 Å². The van der Waals surface area contributed by atoms with E-state index >= 15 is 0 Å². The molecule has 0 aromatic carbocycles. The SMILES string of the molecule is Cc1cnn(CC(=O)NC[C@@]2(O)CCCN(c3cnccn3)C2)c1. The van der Waals surface area contributed by atoms with Crippen molar-refractivity contribution in [1.82, 2.24) is 25.1 Å². The van der Waals surface area contributed by atoms with Gasteiger partial charge < -0.3 is 15.3 Å². The molecule has 0 bridgehead atoms. The largest absolute Gasteiger partial charge is 0.386 e. The summed E-state index contributed by atoms with van der Waals surface area (Å²) in [7, 11) is 0. The molecule has 1 aliphatic rings. The second-order valence-corrected chi connectivity index (χ2v) is 6.31. The Bertz CT molecular complexity index is 689. The number of aliphatic hydroxyl groups is 1. The van der Waals surface area contributed by atoms with Crippen LogP contribution in [0.25, 0.3) is 0 Å². The number of amides is 1. The summed E-state index contributed by atoms with van der Waals surface area (Å²) in [6.45, 7) is 3.53. The van der Waals surface area contributed by atoms with Gasteiger partial charge in [-0.25, -0.2) is 4.98 Å². The molecule has 2 aromatic heterocycles. The molecule has 24 heavy (non-hydrogen) atoms. The van der Waals surface area contributed by atoms with Gasteiger partial charge in [0.2, 0.25) is 5.91 Å². The van der Waals surface area contributed by atoms with E-state index < -0.39 is 5.60 Å². The van der Waals surface area contributed by atoms with Gasteiger partial charge in [-0.1, -0.05) is 0 Å². The number of carbonyl (C=O) groups excluding carboxylic acids is 1. The third kappa shape index (κ3) is 4.08. The molecular formula is C16H22N6O2. The lowest BCUT2D eigenvalue weighted by molar-refractivity contribution is -0.123. The smallest absolute Gasteiger partial charge is 0.241 e. The summed E-state index contributed by atoms with van der Waals surface area (Å²) in [5.74, 6) is 0.581. The Hall–Kier alpha value is -2.48. The van der Waals surface area contributed by atoms with Crippen LogP contribution in [0.1, 0.15) is 18.4 Å². The molecule has 1 fully saturated rings. The zero-order chi connectivity index (χ0) is 17.0. The van der Waals surface area contributed by atoms with Gasteiger partial charge in [-0.15, -0.1) is 0 Å². The van der Waals surface area contributed by atoms with Crippen LogP contribution in [0.2, 0.25) is 0 Å². The second-order valence-electron chi connectivity index (χ2n) is 6.31. The van der Waals surface area contributed by atoms with Crippen LogP contribution in [-0.4, -0.2) is 56.0 Å². The second kappa shape index (κ2) is 6.96. The van der Waals surface area contributed by atoms with Crippen molar-refractivity contribution in [3.63, 3.8) is 0 Å². The highest BCUT2D eigenvalue weighted by atomic mass is 16.3. The minimum Gasteiger partial charge on any atom is -0.386 e. The Morgan fingerprint density at radius 2 is 2.29 bits per heavy atom. The zero-order valence-electron chi connectivity index (χ0n) is 13.7. The van der Waals surface area contributed by atoms with E-state index in [1.165, 1.54) is 0 Å². The van der Waals surface area contributed by atoms with Crippen LogP contribution in [0.15, 0.2) is 31.0 Å². The van der Waals surface area contributed by atoms with Gasteiger partial charge in [-0.2, -0.15) is 5.10 Å². The predicted octanol–water partition coefficient (Wildman–Crippen LogP) is 0.129. The maximum atomic E-state index is 12.0. The summed E-state index contributed by atoms with van der Waals surface area (Å²) in [5, 5.41) is 17.7. The maximum absolute atomic E-state index is 12.0. The molecule has 1 aliphatic heterocycles. The Balaban J connectivity index is 1.54. The fraction of sp³-hybridized carbons (Fsp3) is 0.500. The summed E-state index contributed by atoms with van der Waals surface area (Å²) in [6.07, 6.45) is 9.94. The van der Waals surface area contributed by atoms with Crippen LogP contribution in [0, 0.1) is 6.92 Å². The number of carbonyl (C=O) groups is 1. The molecule has 128 valence electrons. The van der Waals surface area contributed by atoms with Crippen LogP contribution in [0.5, 0.6) is 0 Å². The van der Waals surface area contributed by atoms with Gasteiger partial charge in [0.1, 0.15) is 12.4 Å². The number of anilines is 1. The predicted molar refractivity (Wildman–Crippen MR) is 88.4 cm³/mol. The number of piperidine rings is 1. The summed E-state index contributed by atoms with van der Waals surface area (Å²) < 4.78 is 1.58. The van der Waals surface area contributed by atoms with E-state index in [2.05, 4.69) is 20.4 Å². The number of aryl methyl sites for hydroxylation is 1. The van der Waals surface area contributed by atoms with Crippen molar-refractivity contribution in [2.75, 3.05) is 24.5 Å². The first-order valence-corrected chi connectivity index (χ1v) is 8.03. The Kier molecular flexibility index (Phi) is 4.75. The molecule has 2 aromatic rings. The number of nitrogens with one attached hydrogen (secondary N) is 1. The first kappa shape index (κ1) is 16.4. The van der Waals surface area contributed by atoms with Crippen molar-refractivity contribution in [2.45, 2.75) is 31.9 Å². The lowest BCUT2D eigenvalue weighted by atomic mass is 9.92. The first-order chi connectivity index (χ1) is 11.5. The Labute approximate surface area is 140 Å². The Morgan fingerprint density at radius 1 is 1.42 bits per heavy atom. The quantitative estimate of drug-likeness (QED) is 0.809. The number of hydrogen-bond acceptors (Lipinski definition) is 6. The maximum Gasteiger partial charge on any atom is 0.241 e. The van der Waals surface area contributed by atoms with E-state index in [9.17, 15) is 9.90 Å². The number of hydrogen-bond donors (Lipinski definition) is 2. The van der Waals surface area contributed by atoms with E-state index in [1.54, 1.807) is 29.5 Å². The van der Waals surface area contributed by atoms with Gasteiger partial charge in [-0.3, -0.25) is 14.5 Å². The van der Waals surface area contributed by atoms with Gasteiger partial charge in [0.25, 0.3) is 0 Å². The summed E-state index contributed by atoms with van der Waals surface area (Å²) in [5.41, 5.74) is 0.0409. The van der Waals surface area contributed by atoms with Crippen molar-refractivity contribution in [3.8, 4) is 0 Å². The third-order valence-electron chi connectivity index (χ3n) is 4.11. The highest BCUT2D eigenvalue weighted by Crippen LogP contribution is 2.23. The van der Waals surface area contributed by atoms with Crippen LogP contribution in [-0.2, 0) is 11.3 Å². The molecule has 2 N–H and O–H groups in total. The number of nitrogens with zero attached hydrogens (tertiary/aromatic N) is 5. The lowest BCUT2D eigenvalue weighted by Gasteiger charge is -2.39. The minimum absolute atomic E-state index is 0.151. The number of rotatable bonds is 5. The minimum atomic E-state index is -0.967. The molecule has 3 heterocycles. The zero-order valence-corrected chi connectivity index (χ0v) is 13.7. The summed E-state index contributed by atoms with van der Waals surface area (Å²) >= 11 is 0. The molecule has 0 unspecified atom stereocenters. The lowest BCUT2D eigenvalue weighted by Crippen LogP contribution is -2.54. The standard InChI is InChI=1S/C16H22N6O2/c1-13-7-20-22(9-13)10-15(23)19-11-16(24)3-2-6-21(12-16)14-8-17-4-5-18-14/h4-5,7-9,24H,2-3,6,10-12H2,1H3,(H,19,23)/t16-/m0/s1. The average Bonchev–Trinajstić information content (AvgIpc) is 2.99. The van der Waals surface area contributed by atoms with E-state index in [1.807, 2.05) is 18.0 Å². The van der Waals surface area contributed by atoms with Gasteiger partial charge in [-0.05, 0) is 25.3 Å². The van der Waals surface area contributed by atoms with E-state index in [0.717, 1.165) is 24.3 Å². The topological polar surface area (TPSA) is 96.2 Å². The highest BCUT2D eigenvalue weighted by Gasteiger charge is 2.34. The summed E-state index contributed by atoms with van der Waals surface area (Å²) in [4.78, 5) is 22.4. The third-order valence-corrected chi connectivity index (χ3v) is 4.11. The van der Waals surface area contributed by atoms with Gasteiger partial charge in [0.05, 0.1) is 18.0 Å². The molecule has 8 heteroatoms. The molecule has 8 nitrogen and oxygen atoms in total. The fourth-order valence-electron chi connectivity index (χ4n) is 2.93. The number of β-amino-alcohol motifs (C(OH)–C–C–N with tert-alkyl or cyclic N) is 1. The van der Waals surface area contributed by atoms with Crippen LogP contribution < -0.4 is 10.2 Å². The molecule has 0 aliphatic carbocycles. The van der Waals surface area contributed by atoms with Crippen molar-refractivity contribution in [2.24, 2.45) is 0 Å². The van der Waals surface area contributed by atoms with E-state index in [0.29, 0.717) is 13.0 Å². The van der Waals surface area contributed by atoms with Crippen LogP contribution >= 0.6 is 0 Å². The van der Waals surface area contributed by atoms with Crippen molar-refractivity contribution < 1.29 is 9.90 Å². The molecule has 0 spiro atoms. The van der Waals surface area contributed by atoms with Crippen molar-refractivity contribution >= 4 is 11.7 Å². The van der Waals surface area contributed by atoms with Crippen molar-refractivity contribution in [1.29, 1.82) is 0 Å². The normalized spacial score (nSPS) is 20.8. The molecule has 0 radical (unpaired) electrons. The molecule has 0 saturated carbocycles. The Morgan fingerprint density at radius 3 is 3.00 bits per heavy atom. The van der Waals surface area contributed by atoms with Crippen LogP contribution in [0.3, 0.4) is 0 Å². The van der Waals surface area contributed by atoms with Gasteiger partial charge in [0.15, 0.2) is 0 Å². The fourth-order valence-corrected chi connectivity index (χ4v) is 2.93. The van der Waals surface area contributed by atoms with Gasteiger partial charge >= 0.3 is 0 Å². The summed E-state index contributed by atoms with van der Waals surface area (Å²) in [6, 6.07) is 0. The van der Waals surface area contributed by atoms with E-state index in [4.69, 9.17) is 0 Å². The van der Waals surface area contributed by atoms with Crippen molar-refractivity contribution in [3.05, 3.63) is 36.5 Å². The first-order valence-electron chi connectivity index (χ1n) is 8.03. The van der Waals surface area contributed by atoms with E-state index in [-0.39, 0.29) is 19.0 Å². The molecule has 1 atom stereocenters. The number of aromatic nitrogens is 4. The highest BCUT2D eigenvalue weighted by molar-refractivity contribution is 5.75. The molecule has 3 rings (SSSR count). The average molecular weight is 330 g/mol. The van der Waals surface area contributed by atoms with Gasteiger partial charge in [0, 0.05) is 38.2 Å².